The Labute approximate surface area is 250 Å². The summed E-state index contributed by atoms with van der Waals surface area (Å²) < 4.78 is 22.4. The van der Waals surface area contributed by atoms with Gasteiger partial charge in [0.15, 0.2) is 5.79 Å². The molecule has 1 heterocycles. The van der Waals surface area contributed by atoms with E-state index in [0.29, 0.717) is 44.1 Å². The Balaban J connectivity index is 0.000000326. The fourth-order valence-electron chi connectivity index (χ4n) is 5.12. The molecule has 0 bridgehead atoms. The lowest BCUT2D eigenvalue weighted by molar-refractivity contribution is -0.227. The summed E-state index contributed by atoms with van der Waals surface area (Å²) in [7, 11) is 0. The molecule has 2 fully saturated rings. The Morgan fingerprint density at radius 3 is 1.33 bits per heavy atom. The summed E-state index contributed by atoms with van der Waals surface area (Å²) in [4.78, 5) is 46.2. The summed E-state index contributed by atoms with van der Waals surface area (Å²) in [6.45, 7) is 8.88. The number of benzene rings is 2. The monoisotopic (exact) mass is 600 g/mol. The molecule has 11 heteroatoms. The number of aliphatic hydroxyl groups excluding tert-OH is 1. The van der Waals surface area contributed by atoms with Crippen LogP contribution in [-0.4, -0.2) is 76.5 Å². The van der Waals surface area contributed by atoms with E-state index in [9.17, 15) is 19.2 Å². The molecule has 4 rings (SSSR count). The minimum absolute atomic E-state index is 0.0428. The van der Waals surface area contributed by atoms with Gasteiger partial charge in [0.25, 0.3) is 0 Å². The predicted molar refractivity (Wildman–Crippen MR) is 154 cm³/mol. The summed E-state index contributed by atoms with van der Waals surface area (Å²) in [6, 6.07) is 11.0. The lowest BCUT2D eigenvalue weighted by Gasteiger charge is -2.35. The Hall–Kier alpha value is -3.80. The number of aromatic carboxylic acids is 2. The average molecular weight is 601 g/mol. The van der Waals surface area contributed by atoms with Gasteiger partial charge in [0.2, 0.25) is 0 Å². The number of carboxylic acids is 2. The highest BCUT2D eigenvalue weighted by atomic mass is 16.7. The molecule has 1 aliphatic heterocycles. The highest BCUT2D eigenvalue weighted by Crippen LogP contribution is 2.37. The van der Waals surface area contributed by atoms with Crippen molar-refractivity contribution in [1.29, 1.82) is 0 Å². The first-order chi connectivity index (χ1) is 20.4. The molecule has 11 nitrogen and oxygen atoms in total. The first-order valence-corrected chi connectivity index (χ1v) is 14.4. The van der Waals surface area contributed by atoms with Gasteiger partial charge in [0.1, 0.15) is 18.3 Å². The van der Waals surface area contributed by atoms with Gasteiger partial charge < -0.3 is 34.3 Å². The van der Waals surface area contributed by atoms with Crippen LogP contribution < -0.4 is 0 Å². The van der Waals surface area contributed by atoms with Gasteiger partial charge in [0.05, 0.1) is 35.5 Å². The normalized spacial score (nSPS) is 21.0. The summed E-state index contributed by atoms with van der Waals surface area (Å²) in [6.07, 6.45) is 1.39. The summed E-state index contributed by atoms with van der Waals surface area (Å²) >= 11 is 0. The first kappa shape index (κ1) is 33.7. The van der Waals surface area contributed by atoms with Crippen molar-refractivity contribution in [2.75, 3.05) is 13.2 Å². The quantitative estimate of drug-likeness (QED) is 0.338. The lowest BCUT2D eigenvalue weighted by atomic mass is 9.91. The minimum Gasteiger partial charge on any atom is -0.478 e. The van der Waals surface area contributed by atoms with Gasteiger partial charge in [-0.3, -0.25) is 0 Å². The van der Waals surface area contributed by atoms with Crippen LogP contribution in [0.5, 0.6) is 0 Å². The second-order valence-electron chi connectivity index (χ2n) is 11.2. The molecule has 3 N–H and O–H groups in total. The average Bonchev–Trinajstić information content (AvgIpc) is 3.45. The number of hydrogen-bond donors (Lipinski definition) is 3. The van der Waals surface area contributed by atoms with Crippen LogP contribution in [0.2, 0.25) is 0 Å². The zero-order valence-corrected chi connectivity index (χ0v) is 24.9. The van der Waals surface area contributed by atoms with E-state index >= 15 is 0 Å². The van der Waals surface area contributed by atoms with Gasteiger partial charge in [-0.05, 0) is 74.2 Å². The van der Waals surface area contributed by atoms with Gasteiger partial charge in [-0.25, -0.2) is 19.2 Å². The zero-order chi connectivity index (χ0) is 31.7. The smallest absolute Gasteiger partial charge is 0.338 e. The SMILES string of the molecule is CC(C)C1(C(C)C)OCC(CO)O1.O=C(O)c1ccc(C(=O)OC2CCC(OC(=O)c3ccc(C(=O)O)cc3)CC2)cc1. The Kier molecular flexibility index (Phi) is 11.8. The second kappa shape index (κ2) is 15.1. The van der Waals surface area contributed by atoms with Gasteiger partial charge in [0, 0.05) is 11.8 Å². The van der Waals surface area contributed by atoms with Gasteiger partial charge in [-0.1, -0.05) is 27.7 Å². The second-order valence-corrected chi connectivity index (χ2v) is 11.2. The molecule has 2 aliphatic rings. The molecule has 1 saturated heterocycles. The largest absolute Gasteiger partial charge is 0.478 e. The molecular weight excluding hydrogens is 560 g/mol. The first-order valence-electron chi connectivity index (χ1n) is 14.4. The molecule has 2 aromatic rings. The third-order valence-electron chi connectivity index (χ3n) is 7.56. The molecule has 0 spiro atoms. The van der Waals surface area contributed by atoms with Crippen molar-refractivity contribution in [3.63, 3.8) is 0 Å². The number of carbonyl (C=O) groups excluding carboxylic acids is 2. The molecule has 2 aromatic carbocycles. The standard InChI is InChI=1S/C22H20O8.C10H20O3/c23-19(24)13-1-5-15(6-2-13)21(27)29-17-9-11-18(12-10-17)30-22(28)16-7-3-14(4-8-16)20(25)26;1-7(2)10(8(3)4)12-6-9(5-11)13-10/h1-8,17-18H,9-12H2,(H,23,24)(H,25,26);7-9,11H,5-6H2,1-4H3. The topological polar surface area (TPSA) is 166 Å². The molecular formula is C32H40O11. The number of carbonyl (C=O) groups is 4. The Morgan fingerprint density at radius 2 is 1.07 bits per heavy atom. The van der Waals surface area contributed by atoms with E-state index in [-0.39, 0.29) is 47.2 Å². The van der Waals surface area contributed by atoms with Crippen molar-refractivity contribution in [2.24, 2.45) is 11.8 Å². The number of rotatable bonds is 9. The van der Waals surface area contributed by atoms with Crippen LogP contribution in [0.4, 0.5) is 0 Å². The molecule has 0 amide bonds. The number of aliphatic hydroxyl groups is 1. The maximum atomic E-state index is 12.2. The van der Waals surface area contributed by atoms with Crippen molar-refractivity contribution in [3.05, 3.63) is 70.8 Å². The van der Waals surface area contributed by atoms with Crippen molar-refractivity contribution in [3.8, 4) is 0 Å². The lowest BCUT2D eigenvalue weighted by Crippen LogP contribution is -2.42. The molecule has 0 aromatic heterocycles. The van der Waals surface area contributed by atoms with Crippen molar-refractivity contribution < 1.29 is 53.4 Å². The maximum absolute atomic E-state index is 12.2. The molecule has 0 radical (unpaired) electrons. The van der Waals surface area contributed by atoms with E-state index < -0.39 is 29.7 Å². The van der Waals surface area contributed by atoms with Gasteiger partial charge in [-0.15, -0.1) is 0 Å². The van der Waals surface area contributed by atoms with E-state index in [1.807, 2.05) is 0 Å². The molecule has 1 saturated carbocycles. The summed E-state index contributed by atoms with van der Waals surface area (Å²) in [5, 5.41) is 26.7. The third-order valence-corrected chi connectivity index (χ3v) is 7.56. The van der Waals surface area contributed by atoms with Gasteiger partial charge >= 0.3 is 23.9 Å². The highest BCUT2D eigenvalue weighted by Gasteiger charge is 2.46. The van der Waals surface area contributed by atoms with E-state index in [1.165, 1.54) is 48.5 Å². The number of carboxylic acid groups (broad SMARTS) is 2. The van der Waals surface area contributed by atoms with Crippen LogP contribution in [0.3, 0.4) is 0 Å². The van der Waals surface area contributed by atoms with Crippen LogP contribution in [0, 0.1) is 11.8 Å². The van der Waals surface area contributed by atoms with E-state index in [2.05, 4.69) is 27.7 Å². The van der Waals surface area contributed by atoms with Crippen LogP contribution in [0.15, 0.2) is 48.5 Å². The fraction of sp³-hybridized carbons (Fsp3) is 0.500. The van der Waals surface area contributed by atoms with Crippen molar-refractivity contribution in [2.45, 2.75) is 77.5 Å². The number of ether oxygens (including phenoxy) is 4. The molecule has 1 atom stereocenters. The highest BCUT2D eigenvalue weighted by molar-refractivity contribution is 5.93. The zero-order valence-electron chi connectivity index (χ0n) is 24.9. The van der Waals surface area contributed by atoms with Crippen LogP contribution in [-0.2, 0) is 18.9 Å². The van der Waals surface area contributed by atoms with Crippen molar-refractivity contribution in [1.82, 2.24) is 0 Å². The maximum Gasteiger partial charge on any atom is 0.338 e. The summed E-state index contributed by atoms with van der Waals surface area (Å²) in [5.74, 6) is -3.06. The molecule has 1 aliphatic carbocycles. The Morgan fingerprint density at radius 1 is 0.721 bits per heavy atom. The van der Waals surface area contributed by atoms with Crippen LogP contribution in [0.1, 0.15) is 94.8 Å². The molecule has 1 unspecified atom stereocenters. The van der Waals surface area contributed by atoms with E-state index in [4.69, 9.17) is 34.3 Å². The van der Waals surface area contributed by atoms with E-state index in [0.717, 1.165) is 0 Å². The van der Waals surface area contributed by atoms with Gasteiger partial charge in [-0.2, -0.15) is 0 Å². The third kappa shape index (κ3) is 8.85. The van der Waals surface area contributed by atoms with Crippen LogP contribution >= 0.6 is 0 Å². The fourth-order valence-corrected chi connectivity index (χ4v) is 5.12. The molecule has 43 heavy (non-hydrogen) atoms. The number of hydrogen-bond acceptors (Lipinski definition) is 9. The predicted octanol–water partition coefficient (Wildman–Crippen LogP) is 4.81. The summed E-state index contributed by atoms with van der Waals surface area (Å²) in [5.41, 5.74) is 0.731. The van der Waals surface area contributed by atoms with E-state index in [1.54, 1.807) is 0 Å². The number of esters is 2. The minimum atomic E-state index is -1.07. The van der Waals surface area contributed by atoms with Crippen LogP contribution in [0.25, 0.3) is 0 Å². The Bertz CT molecular complexity index is 1160. The molecule has 234 valence electrons. The van der Waals surface area contributed by atoms with Crippen molar-refractivity contribution >= 4 is 23.9 Å².